The van der Waals surface area contributed by atoms with Crippen LogP contribution in [0.15, 0.2) is 18.0 Å². The van der Waals surface area contributed by atoms with Crippen molar-refractivity contribution in [3.8, 4) is 0 Å². The average Bonchev–Trinajstić information content (AvgIpc) is 2.88. The second-order valence-electron chi connectivity index (χ2n) is 3.68. The van der Waals surface area contributed by atoms with Gasteiger partial charge in [0.25, 0.3) is 0 Å². The lowest BCUT2D eigenvalue weighted by Crippen LogP contribution is -2.40. The molecule has 0 radical (unpaired) electrons. The first kappa shape index (κ1) is 14.3. The molecular weight excluding hydrogens is 252 g/mol. The molecule has 1 unspecified atom stereocenters. The molecule has 7 heteroatoms. The molecule has 18 heavy (non-hydrogen) atoms. The Labute approximate surface area is 110 Å². The zero-order valence-corrected chi connectivity index (χ0v) is 11.2. The van der Waals surface area contributed by atoms with Crippen molar-refractivity contribution >= 4 is 23.3 Å². The van der Waals surface area contributed by atoms with E-state index in [1.807, 2.05) is 13.8 Å². The van der Waals surface area contributed by atoms with E-state index in [1.54, 1.807) is 5.38 Å². The number of hydrogen-bond acceptors (Lipinski definition) is 5. The number of rotatable bonds is 6. The Balaban J connectivity index is 2.50. The fourth-order valence-electron chi connectivity index (χ4n) is 1.37. The average molecular weight is 268 g/mol. The van der Waals surface area contributed by atoms with Crippen molar-refractivity contribution in [2.45, 2.75) is 19.9 Å². The van der Waals surface area contributed by atoms with Crippen LogP contribution >= 0.6 is 11.5 Å². The topological polar surface area (TPSA) is 75.2 Å². The predicted molar refractivity (Wildman–Crippen MR) is 68.9 cm³/mol. The van der Waals surface area contributed by atoms with E-state index < -0.39 is 0 Å². The molecule has 0 spiro atoms. The Bertz CT molecular complexity index is 419. The standard InChI is InChI=1S/C11H16N4O2S/c1-4-11(17)15(5-2)6-10(16)12-8(3)9-7-18-14-13-9/h4,7-8H,1,5-6H2,2-3H3,(H,12,16). The van der Waals surface area contributed by atoms with Gasteiger partial charge in [-0.25, -0.2) is 0 Å². The predicted octanol–water partition coefficient (Wildman–Crippen LogP) is 0.750. The van der Waals surface area contributed by atoms with E-state index in [2.05, 4.69) is 21.5 Å². The highest BCUT2D eigenvalue weighted by Crippen LogP contribution is 2.09. The van der Waals surface area contributed by atoms with Gasteiger partial charge in [0, 0.05) is 11.9 Å². The van der Waals surface area contributed by atoms with Crippen molar-refractivity contribution in [2.24, 2.45) is 0 Å². The van der Waals surface area contributed by atoms with Crippen molar-refractivity contribution in [2.75, 3.05) is 13.1 Å². The summed E-state index contributed by atoms with van der Waals surface area (Å²) in [4.78, 5) is 24.6. The second-order valence-corrected chi connectivity index (χ2v) is 4.29. The molecule has 0 aliphatic rings. The van der Waals surface area contributed by atoms with E-state index in [9.17, 15) is 9.59 Å². The highest BCUT2D eigenvalue weighted by molar-refractivity contribution is 7.03. The van der Waals surface area contributed by atoms with Gasteiger partial charge in [-0.3, -0.25) is 9.59 Å². The zero-order chi connectivity index (χ0) is 13.5. The number of carbonyl (C=O) groups excluding carboxylic acids is 2. The van der Waals surface area contributed by atoms with Gasteiger partial charge in [-0.1, -0.05) is 11.1 Å². The quantitative estimate of drug-likeness (QED) is 0.772. The molecule has 6 nitrogen and oxygen atoms in total. The number of carbonyl (C=O) groups is 2. The van der Waals surface area contributed by atoms with E-state index in [0.717, 1.165) is 0 Å². The number of amides is 2. The van der Waals surface area contributed by atoms with Gasteiger partial charge in [-0.05, 0) is 31.5 Å². The van der Waals surface area contributed by atoms with E-state index in [0.29, 0.717) is 12.2 Å². The maximum atomic E-state index is 11.8. The summed E-state index contributed by atoms with van der Waals surface area (Å²) in [5.41, 5.74) is 0.714. The van der Waals surface area contributed by atoms with Crippen molar-refractivity contribution in [1.82, 2.24) is 19.8 Å². The summed E-state index contributed by atoms with van der Waals surface area (Å²) in [6, 6.07) is -0.214. The lowest BCUT2D eigenvalue weighted by atomic mass is 10.2. The Morgan fingerprint density at radius 1 is 1.67 bits per heavy atom. The second kappa shape index (κ2) is 6.85. The van der Waals surface area contributed by atoms with E-state index in [-0.39, 0.29) is 24.4 Å². The molecule has 0 aromatic carbocycles. The van der Waals surface area contributed by atoms with Crippen molar-refractivity contribution in [1.29, 1.82) is 0 Å². The maximum absolute atomic E-state index is 11.8. The molecule has 0 aliphatic heterocycles. The van der Waals surface area contributed by atoms with Crippen LogP contribution in [0.4, 0.5) is 0 Å². The summed E-state index contributed by atoms with van der Waals surface area (Å²) in [6.07, 6.45) is 1.20. The van der Waals surface area contributed by atoms with Gasteiger partial charge in [0.2, 0.25) is 11.8 Å². The molecule has 1 N–H and O–H groups in total. The summed E-state index contributed by atoms with van der Waals surface area (Å²) in [5.74, 6) is -0.483. The minimum atomic E-state index is -0.254. The van der Waals surface area contributed by atoms with E-state index >= 15 is 0 Å². The van der Waals surface area contributed by atoms with Gasteiger partial charge < -0.3 is 10.2 Å². The van der Waals surface area contributed by atoms with Crippen LogP contribution in [-0.2, 0) is 9.59 Å². The van der Waals surface area contributed by atoms with E-state index in [4.69, 9.17) is 0 Å². The van der Waals surface area contributed by atoms with Crippen LogP contribution in [0, 0.1) is 0 Å². The van der Waals surface area contributed by atoms with Gasteiger partial charge in [0.15, 0.2) is 0 Å². The summed E-state index contributed by atoms with van der Waals surface area (Å²) >= 11 is 1.23. The number of hydrogen-bond donors (Lipinski definition) is 1. The molecule has 0 bridgehead atoms. The van der Waals surface area contributed by atoms with Crippen molar-refractivity contribution in [3.05, 3.63) is 23.7 Å². The normalized spacial score (nSPS) is 11.7. The van der Waals surface area contributed by atoms with Crippen LogP contribution in [0.5, 0.6) is 0 Å². The third kappa shape index (κ3) is 3.92. The molecule has 2 amide bonds. The van der Waals surface area contributed by atoms with Gasteiger partial charge >= 0.3 is 0 Å². The van der Waals surface area contributed by atoms with Crippen LogP contribution in [-0.4, -0.2) is 39.4 Å². The summed E-state index contributed by atoms with van der Waals surface area (Å²) in [6.45, 7) is 7.51. The monoisotopic (exact) mass is 268 g/mol. The number of nitrogens with zero attached hydrogens (tertiary/aromatic N) is 3. The maximum Gasteiger partial charge on any atom is 0.246 e. The van der Waals surface area contributed by atoms with Crippen molar-refractivity contribution in [3.63, 3.8) is 0 Å². The minimum absolute atomic E-state index is 0.0171. The Hall–Kier alpha value is -1.76. The van der Waals surface area contributed by atoms with Gasteiger partial charge in [-0.2, -0.15) is 0 Å². The lowest BCUT2D eigenvalue weighted by Gasteiger charge is -2.19. The molecular formula is C11H16N4O2S. The first-order valence-electron chi connectivity index (χ1n) is 5.56. The lowest BCUT2D eigenvalue weighted by molar-refractivity contribution is -0.132. The highest BCUT2D eigenvalue weighted by Gasteiger charge is 2.16. The fourth-order valence-corrected chi connectivity index (χ4v) is 1.92. The molecule has 0 saturated carbocycles. The first-order chi connectivity index (χ1) is 8.58. The Kier molecular flexibility index (Phi) is 5.44. The molecule has 0 fully saturated rings. The zero-order valence-electron chi connectivity index (χ0n) is 10.4. The number of likely N-dealkylation sites (N-methyl/N-ethyl adjacent to an activating group) is 1. The summed E-state index contributed by atoms with van der Waals surface area (Å²) in [5, 5.41) is 8.42. The summed E-state index contributed by atoms with van der Waals surface area (Å²) < 4.78 is 3.73. The largest absolute Gasteiger partial charge is 0.346 e. The van der Waals surface area contributed by atoms with E-state index in [1.165, 1.54) is 22.5 Å². The fraction of sp³-hybridized carbons (Fsp3) is 0.455. The van der Waals surface area contributed by atoms with Crippen LogP contribution < -0.4 is 5.32 Å². The minimum Gasteiger partial charge on any atom is -0.346 e. The molecule has 98 valence electrons. The third-order valence-corrected chi connectivity index (χ3v) is 2.92. The van der Waals surface area contributed by atoms with Gasteiger partial charge in [-0.15, -0.1) is 5.10 Å². The third-order valence-electron chi connectivity index (χ3n) is 2.40. The van der Waals surface area contributed by atoms with Crippen LogP contribution in [0.3, 0.4) is 0 Å². The van der Waals surface area contributed by atoms with Gasteiger partial charge in [0.05, 0.1) is 18.3 Å². The Morgan fingerprint density at radius 2 is 2.39 bits per heavy atom. The van der Waals surface area contributed by atoms with Crippen LogP contribution in [0.1, 0.15) is 25.6 Å². The first-order valence-corrected chi connectivity index (χ1v) is 6.39. The molecule has 1 aromatic rings. The molecule has 0 aliphatic carbocycles. The molecule has 1 heterocycles. The van der Waals surface area contributed by atoms with Crippen LogP contribution in [0.25, 0.3) is 0 Å². The molecule has 1 rings (SSSR count). The number of aromatic nitrogens is 2. The molecule has 1 atom stereocenters. The molecule has 1 aromatic heterocycles. The van der Waals surface area contributed by atoms with Crippen molar-refractivity contribution < 1.29 is 9.59 Å². The Morgan fingerprint density at radius 3 is 2.89 bits per heavy atom. The SMILES string of the molecule is C=CC(=O)N(CC)CC(=O)NC(C)c1csnn1. The summed E-state index contributed by atoms with van der Waals surface area (Å²) in [7, 11) is 0. The van der Waals surface area contributed by atoms with Gasteiger partial charge in [0.1, 0.15) is 0 Å². The number of nitrogens with one attached hydrogen (secondary N) is 1. The smallest absolute Gasteiger partial charge is 0.246 e. The molecule has 0 saturated heterocycles. The highest BCUT2D eigenvalue weighted by atomic mass is 32.1. The van der Waals surface area contributed by atoms with Crippen LogP contribution in [0.2, 0.25) is 0 Å².